The summed E-state index contributed by atoms with van der Waals surface area (Å²) in [5.74, 6) is -6.77. The van der Waals surface area contributed by atoms with Gasteiger partial charge in [-0.2, -0.15) is 30.7 Å². The van der Waals surface area contributed by atoms with Crippen LogP contribution >= 0.6 is 0 Å². The van der Waals surface area contributed by atoms with Crippen LogP contribution in [0, 0.1) is 6.43 Å². The van der Waals surface area contributed by atoms with Gasteiger partial charge in [0.25, 0.3) is 11.1 Å². The zero-order valence-electron chi connectivity index (χ0n) is 7.36. The lowest BCUT2D eigenvalue weighted by molar-refractivity contribution is -0.334. The van der Waals surface area contributed by atoms with Gasteiger partial charge in [-0.15, -0.1) is 0 Å². The molecule has 0 saturated heterocycles. The molecular formula is C5H2F11Si. The van der Waals surface area contributed by atoms with Crippen molar-refractivity contribution in [1.29, 1.82) is 0 Å². The van der Waals surface area contributed by atoms with Crippen LogP contribution in [0.25, 0.3) is 0 Å². The smallest absolute Gasteiger partial charge is 0.205 e. The van der Waals surface area contributed by atoms with E-state index >= 15 is 0 Å². The van der Waals surface area contributed by atoms with Crippen LogP contribution in [-0.4, -0.2) is 32.7 Å². The standard InChI is InChI=1S/C5H2F11Si/c6-1(7)2(8,9)17-5(15,16)3(10,11)4(12,13)14/h17H2. The predicted octanol–water partition coefficient (Wildman–Crippen LogP) is 2.97. The summed E-state index contributed by atoms with van der Waals surface area (Å²) in [4.78, 5) is 0. The average Bonchev–Trinajstić information content (AvgIpc) is 1.98. The number of alkyl halides is 9. The summed E-state index contributed by atoms with van der Waals surface area (Å²) in [5.41, 5.74) is -11.8. The molecule has 12 heteroatoms. The molecule has 0 atom stereocenters. The molecule has 0 amide bonds. The Labute approximate surface area is 88.6 Å². The van der Waals surface area contributed by atoms with Gasteiger partial charge in [0.1, 0.15) is 0 Å². The van der Waals surface area contributed by atoms with Crippen molar-refractivity contribution >= 4 is 9.52 Å². The molecule has 17 heavy (non-hydrogen) atoms. The van der Waals surface area contributed by atoms with E-state index in [1.165, 1.54) is 0 Å². The lowest BCUT2D eigenvalue weighted by atomic mass is 10.3. The van der Waals surface area contributed by atoms with Gasteiger partial charge in [0.05, 0.1) is 0 Å². The van der Waals surface area contributed by atoms with Crippen LogP contribution in [0.1, 0.15) is 0 Å². The minimum Gasteiger partial charge on any atom is -0.205 e. The molecule has 0 aromatic carbocycles. The van der Waals surface area contributed by atoms with Crippen molar-refractivity contribution in [2.75, 3.05) is 0 Å². The third kappa shape index (κ3) is 3.22. The number of hydrogen-bond donors (Lipinski definition) is 0. The first-order valence-corrected chi connectivity index (χ1v) is 4.95. The summed E-state index contributed by atoms with van der Waals surface area (Å²) < 4.78 is 130. The van der Waals surface area contributed by atoms with Crippen molar-refractivity contribution in [3.8, 4) is 0 Å². The quantitative estimate of drug-likeness (QED) is 0.553. The largest absolute Gasteiger partial charge is 0.459 e. The van der Waals surface area contributed by atoms with E-state index < -0.39 is 39.1 Å². The second kappa shape index (κ2) is 4.28. The zero-order valence-corrected chi connectivity index (χ0v) is 8.78. The molecule has 0 bridgehead atoms. The summed E-state index contributed by atoms with van der Waals surface area (Å²) in [6.07, 6.45) is -10.7. The van der Waals surface area contributed by atoms with Gasteiger partial charge in [-0.3, -0.25) is 0 Å². The fourth-order valence-corrected chi connectivity index (χ4v) is 1.78. The van der Waals surface area contributed by atoms with Gasteiger partial charge in [-0.05, 0) is 0 Å². The van der Waals surface area contributed by atoms with Crippen molar-refractivity contribution in [3.05, 3.63) is 6.43 Å². The van der Waals surface area contributed by atoms with Crippen LogP contribution in [0.5, 0.6) is 0 Å². The molecule has 0 saturated carbocycles. The van der Waals surface area contributed by atoms with Crippen molar-refractivity contribution in [3.63, 3.8) is 0 Å². The topological polar surface area (TPSA) is 0 Å². The Balaban J connectivity index is 5.17. The van der Waals surface area contributed by atoms with Crippen LogP contribution in [0.3, 0.4) is 0 Å². The minimum absolute atomic E-state index is 3.91. The summed E-state index contributed by atoms with van der Waals surface area (Å²) >= 11 is 0. The van der Waals surface area contributed by atoms with Crippen molar-refractivity contribution in [2.24, 2.45) is 0 Å². The highest BCUT2D eigenvalue weighted by atomic mass is 28.2. The Morgan fingerprint density at radius 3 is 1.29 bits per heavy atom. The second-order valence-corrected chi connectivity index (χ2v) is 5.05. The van der Waals surface area contributed by atoms with Crippen LogP contribution in [0.4, 0.5) is 48.3 Å². The maximum absolute atomic E-state index is 12.3. The highest BCUT2D eigenvalue weighted by Crippen LogP contribution is 2.48. The minimum atomic E-state index is -6.80. The molecule has 0 N–H and O–H groups in total. The van der Waals surface area contributed by atoms with E-state index in [1.54, 1.807) is 0 Å². The Bertz CT molecular complexity index is 266. The predicted molar refractivity (Wildman–Crippen MR) is 34.9 cm³/mol. The number of hydrogen-bond acceptors (Lipinski definition) is 0. The first-order valence-electron chi connectivity index (χ1n) is 3.54. The Hall–Kier alpha value is -0.553. The highest BCUT2D eigenvalue weighted by Gasteiger charge is 2.75. The summed E-state index contributed by atoms with van der Waals surface area (Å²) in [6, 6.07) is 0. The first-order chi connectivity index (χ1) is 7.15. The molecule has 0 heterocycles. The molecule has 0 aliphatic heterocycles. The molecule has 0 unspecified atom stereocenters. The van der Waals surface area contributed by atoms with Gasteiger partial charge in [0, 0.05) is 0 Å². The number of halogens is 11. The average molecular weight is 299 g/mol. The SMILES string of the molecule is F[C](F)C(F)(F)[SiH2]C(F)(F)C(F)(F)C(F)(F)F. The maximum Gasteiger partial charge on any atom is 0.459 e. The molecule has 0 aromatic heterocycles. The van der Waals surface area contributed by atoms with Gasteiger partial charge in [-0.25, -0.2) is 17.6 Å². The zero-order chi connectivity index (χ0) is 14.3. The summed E-state index contributed by atoms with van der Waals surface area (Å²) in [6.45, 7) is 0. The molecule has 0 aromatic rings. The fraction of sp³-hybridized carbons (Fsp3) is 0.800. The van der Waals surface area contributed by atoms with E-state index in [-0.39, 0.29) is 0 Å². The van der Waals surface area contributed by atoms with Gasteiger partial charge in [-0.1, -0.05) is 0 Å². The van der Waals surface area contributed by atoms with Crippen molar-refractivity contribution in [1.82, 2.24) is 0 Å². The normalized spacial score (nSPS) is 16.2. The van der Waals surface area contributed by atoms with E-state index in [4.69, 9.17) is 0 Å². The second-order valence-electron chi connectivity index (χ2n) is 2.92. The van der Waals surface area contributed by atoms with Crippen LogP contribution < -0.4 is 0 Å². The highest BCUT2D eigenvalue weighted by molar-refractivity contribution is 6.43. The fourth-order valence-electron chi connectivity index (χ4n) is 0.664. The Morgan fingerprint density at radius 2 is 1.06 bits per heavy atom. The van der Waals surface area contributed by atoms with Gasteiger partial charge >= 0.3 is 18.5 Å². The van der Waals surface area contributed by atoms with Crippen LogP contribution in [0.2, 0.25) is 0 Å². The molecule has 1 radical (unpaired) electrons. The Kier molecular flexibility index (Phi) is 4.14. The molecule has 103 valence electrons. The van der Waals surface area contributed by atoms with Gasteiger partial charge in [0.15, 0.2) is 0 Å². The number of rotatable bonds is 4. The van der Waals surface area contributed by atoms with E-state index in [0.717, 1.165) is 0 Å². The molecule has 0 aliphatic carbocycles. The summed E-state index contributed by atoms with van der Waals surface area (Å²) in [7, 11) is -5.09. The lowest BCUT2D eigenvalue weighted by Gasteiger charge is -2.29. The molecule has 0 spiro atoms. The molecule has 0 rings (SSSR count). The Morgan fingerprint density at radius 1 is 0.706 bits per heavy atom. The molecule has 0 aliphatic rings. The molecule has 0 fully saturated rings. The molecular weight excluding hydrogens is 297 g/mol. The van der Waals surface area contributed by atoms with E-state index in [0.29, 0.717) is 0 Å². The molecule has 0 nitrogen and oxygen atoms in total. The van der Waals surface area contributed by atoms with Gasteiger partial charge < -0.3 is 0 Å². The van der Waals surface area contributed by atoms with Crippen LogP contribution in [0.15, 0.2) is 0 Å². The van der Waals surface area contributed by atoms with E-state index in [2.05, 4.69) is 0 Å². The van der Waals surface area contributed by atoms with Crippen LogP contribution in [-0.2, 0) is 0 Å². The summed E-state index contributed by atoms with van der Waals surface area (Å²) in [5, 5.41) is 0. The van der Waals surface area contributed by atoms with Crippen molar-refractivity contribution < 1.29 is 48.3 Å². The first kappa shape index (κ1) is 16.4. The third-order valence-electron chi connectivity index (χ3n) is 1.54. The van der Waals surface area contributed by atoms with E-state index in [1.807, 2.05) is 0 Å². The van der Waals surface area contributed by atoms with Gasteiger partial charge in [0.2, 0.25) is 9.52 Å². The van der Waals surface area contributed by atoms with Crippen molar-refractivity contribution in [2.45, 2.75) is 23.2 Å². The maximum atomic E-state index is 12.3. The van der Waals surface area contributed by atoms with E-state index in [9.17, 15) is 48.3 Å². The lowest BCUT2D eigenvalue weighted by Crippen LogP contribution is -2.59. The third-order valence-corrected chi connectivity index (χ3v) is 3.14. The monoisotopic (exact) mass is 299 g/mol.